The Morgan fingerprint density at radius 1 is 0.800 bits per heavy atom. The van der Waals surface area contributed by atoms with Crippen LogP contribution in [0.4, 0.5) is 0 Å². The Kier molecular flexibility index (Phi) is 7.65. The summed E-state index contributed by atoms with van der Waals surface area (Å²) in [4.78, 5) is 35.9. The summed E-state index contributed by atoms with van der Waals surface area (Å²) >= 11 is 1.38. The first-order valence-electron chi connectivity index (χ1n) is 8.08. The lowest BCUT2D eigenvalue weighted by molar-refractivity contribution is -0.121. The van der Waals surface area contributed by atoms with Gasteiger partial charge in [-0.2, -0.15) is 0 Å². The molecule has 132 valence electrons. The van der Waals surface area contributed by atoms with E-state index in [1.165, 1.54) is 11.3 Å². The maximum atomic E-state index is 11.8. The summed E-state index contributed by atoms with van der Waals surface area (Å²) in [6.07, 6.45) is 0.899. The Balaban J connectivity index is 1.51. The average molecular weight is 359 g/mol. The third kappa shape index (κ3) is 6.76. The van der Waals surface area contributed by atoms with Crippen LogP contribution in [0.1, 0.15) is 32.9 Å². The Hall–Kier alpha value is -2.67. The number of amides is 3. The molecule has 2 aromatic rings. The Bertz CT molecular complexity index is 687. The molecule has 25 heavy (non-hydrogen) atoms. The second-order valence-electron chi connectivity index (χ2n) is 5.31. The molecule has 0 aliphatic heterocycles. The van der Waals surface area contributed by atoms with Gasteiger partial charge in [0.1, 0.15) is 0 Å². The highest BCUT2D eigenvalue weighted by Gasteiger charge is 2.07. The number of carbonyl (C=O) groups is 3. The van der Waals surface area contributed by atoms with E-state index >= 15 is 0 Å². The molecular weight excluding hydrogens is 338 g/mol. The van der Waals surface area contributed by atoms with Crippen LogP contribution in [-0.4, -0.2) is 37.4 Å². The van der Waals surface area contributed by atoms with Gasteiger partial charge in [0.15, 0.2) is 0 Å². The molecule has 3 amide bonds. The van der Waals surface area contributed by atoms with Gasteiger partial charge in [0.2, 0.25) is 5.91 Å². The molecule has 0 atom stereocenters. The van der Waals surface area contributed by atoms with Crippen LogP contribution < -0.4 is 16.0 Å². The van der Waals surface area contributed by atoms with Gasteiger partial charge in [-0.05, 0) is 30.0 Å². The van der Waals surface area contributed by atoms with Gasteiger partial charge in [0, 0.05) is 31.6 Å². The number of benzene rings is 1. The van der Waals surface area contributed by atoms with E-state index in [2.05, 4.69) is 16.0 Å². The van der Waals surface area contributed by atoms with E-state index < -0.39 is 0 Å². The highest BCUT2D eigenvalue weighted by Crippen LogP contribution is 2.07. The maximum absolute atomic E-state index is 11.8. The lowest BCUT2D eigenvalue weighted by Crippen LogP contribution is -2.35. The summed E-state index contributed by atoms with van der Waals surface area (Å²) in [5.74, 6) is -0.371. The van der Waals surface area contributed by atoms with E-state index in [0.29, 0.717) is 42.9 Å². The first kappa shape index (κ1) is 18.7. The van der Waals surface area contributed by atoms with Crippen LogP contribution in [0.15, 0.2) is 47.8 Å². The van der Waals surface area contributed by atoms with Crippen molar-refractivity contribution in [3.63, 3.8) is 0 Å². The normalized spacial score (nSPS) is 10.1. The summed E-state index contributed by atoms with van der Waals surface area (Å²) < 4.78 is 0. The van der Waals surface area contributed by atoms with Crippen molar-refractivity contribution in [3.8, 4) is 0 Å². The SMILES string of the molecule is O=C(CCCNC(=O)c1cccs1)NCCNC(=O)c1ccccc1. The molecule has 0 saturated carbocycles. The van der Waals surface area contributed by atoms with Crippen LogP contribution in [-0.2, 0) is 4.79 Å². The largest absolute Gasteiger partial charge is 0.354 e. The quantitative estimate of drug-likeness (QED) is 0.597. The maximum Gasteiger partial charge on any atom is 0.261 e. The van der Waals surface area contributed by atoms with Crippen molar-refractivity contribution in [3.05, 3.63) is 58.3 Å². The lowest BCUT2D eigenvalue weighted by atomic mass is 10.2. The van der Waals surface area contributed by atoms with E-state index in [1.807, 2.05) is 17.5 Å². The fraction of sp³-hybridized carbons (Fsp3) is 0.278. The van der Waals surface area contributed by atoms with Crippen LogP contribution in [0.2, 0.25) is 0 Å². The molecule has 0 spiro atoms. The zero-order valence-corrected chi connectivity index (χ0v) is 14.6. The van der Waals surface area contributed by atoms with Crippen molar-refractivity contribution in [2.75, 3.05) is 19.6 Å². The molecule has 0 fully saturated rings. The summed E-state index contributed by atoms with van der Waals surface area (Å²) in [6.45, 7) is 1.20. The van der Waals surface area contributed by atoms with Crippen molar-refractivity contribution in [2.45, 2.75) is 12.8 Å². The lowest BCUT2D eigenvalue weighted by Gasteiger charge is -2.07. The molecule has 1 aromatic carbocycles. The van der Waals surface area contributed by atoms with Crippen LogP contribution >= 0.6 is 11.3 Å². The monoisotopic (exact) mass is 359 g/mol. The topological polar surface area (TPSA) is 87.3 Å². The predicted molar refractivity (Wildman–Crippen MR) is 97.7 cm³/mol. The van der Waals surface area contributed by atoms with Gasteiger partial charge in [-0.3, -0.25) is 14.4 Å². The van der Waals surface area contributed by atoms with Crippen molar-refractivity contribution in [1.82, 2.24) is 16.0 Å². The van der Waals surface area contributed by atoms with Gasteiger partial charge in [-0.15, -0.1) is 11.3 Å². The predicted octanol–water partition coefficient (Wildman–Crippen LogP) is 1.80. The average Bonchev–Trinajstić information content (AvgIpc) is 3.17. The summed E-state index contributed by atoms with van der Waals surface area (Å²) in [5.41, 5.74) is 0.593. The van der Waals surface area contributed by atoms with Crippen molar-refractivity contribution < 1.29 is 14.4 Å². The molecule has 6 nitrogen and oxygen atoms in total. The fourth-order valence-corrected chi connectivity index (χ4v) is 2.74. The molecular formula is C18H21N3O3S. The molecule has 0 bridgehead atoms. The Morgan fingerprint density at radius 3 is 2.24 bits per heavy atom. The van der Waals surface area contributed by atoms with Crippen molar-refractivity contribution >= 4 is 29.1 Å². The van der Waals surface area contributed by atoms with E-state index in [0.717, 1.165) is 0 Å². The van der Waals surface area contributed by atoms with Crippen molar-refractivity contribution in [1.29, 1.82) is 0 Å². The summed E-state index contributed by atoms with van der Waals surface area (Å²) in [6, 6.07) is 12.5. The first-order chi connectivity index (χ1) is 12.2. The number of carbonyl (C=O) groups excluding carboxylic acids is 3. The minimum atomic E-state index is -0.161. The smallest absolute Gasteiger partial charge is 0.261 e. The van der Waals surface area contributed by atoms with E-state index in [-0.39, 0.29) is 17.7 Å². The fourth-order valence-electron chi connectivity index (χ4n) is 2.10. The Labute approximate surface area is 150 Å². The van der Waals surface area contributed by atoms with Crippen molar-refractivity contribution in [2.24, 2.45) is 0 Å². The van der Waals surface area contributed by atoms with Gasteiger partial charge in [0.05, 0.1) is 4.88 Å². The van der Waals surface area contributed by atoms with E-state index in [4.69, 9.17) is 0 Å². The second kappa shape index (κ2) is 10.2. The number of rotatable bonds is 9. The molecule has 0 aliphatic carbocycles. The number of hydrogen-bond acceptors (Lipinski definition) is 4. The van der Waals surface area contributed by atoms with Gasteiger partial charge in [0.25, 0.3) is 11.8 Å². The first-order valence-corrected chi connectivity index (χ1v) is 8.96. The minimum absolute atomic E-state index is 0.0978. The highest BCUT2D eigenvalue weighted by molar-refractivity contribution is 7.12. The molecule has 1 heterocycles. The van der Waals surface area contributed by atoms with Gasteiger partial charge in [-0.25, -0.2) is 0 Å². The van der Waals surface area contributed by atoms with E-state index in [1.54, 1.807) is 30.3 Å². The molecule has 3 N–H and O–H groups in total. The van der Waals surface area contributed by atoms with Gasteiger partial charge >= 0.3 is 0 Å². The molecule has 0 radical (unpaired) electrons. The van der Waals surface area contributed by atoms with Gasteiger partial charge in [-0.1, -0.05) is 24.3 Å². The molecule has 2 rings (SSSR count). The second-order valence-corrected chi connectivity index (χ2v) is 6.26. The minimum Gasteiger partial charge on any atom is -0.354 e. The third-order valence-corrected chi connectivity index (χ3v) is 4.25. The number of thiophene rings is 1. The van der Waals surface area contributed by atoms with Gasteiger partial charge < -0.3 is 16.0 Å². The van der Waals surface area contributed by atoms with E-state index in [9.17, 15) is 14.4 Å². The molecule has 0 aliphatic rings. The zero-order valence-electron chi connectivity index (χ0n) is 13.8. The van der Waals surface area contributed by atoms with Crippen LogP contribution in [0.5, 0.6) is 0 Å². The summed E-state index contributed by atoms with van der Waals surface area (Å²) in [5, 5.41) is 10.1. The highest BCUT2D eigenvalue weighted by atomic mass is 32.1. The number of hydrogen-bond donors (Lipinski definition) is 3. The van der Waals surface area contributed by atoms with Crippen LogP contribution in [0.25, 0.3) is 0 Å². The number of nitrogens with one attached hydrogen (secondary N) is 3. The van der Waals surface area contributed by atoms with Crippen LogP contribution in [0, 0.1) is 0 Å². The standard InChI is InChI=1S/C18H21N3O3S/c22-16(9-4-10-20-18(24)15-8-5-13-25-15)19-11-12-21-17(23)14-6-2-1-3-7-14/h1-3,5-8,13H,4,9-12H2,(H,19,22)(H,20,24)(H,21,23). The summed E-state index contributed by atoms with van der Waals surface area (Å²) in [7, 11) is 0. The molecule has 0 saturated heterocycles. The zero-order chi connectivity index (χ0) is 17.9. The molecule has 1 aromatic heterocycles. The van der Waals surface area contributed by atoms with Crippen LogP contribution in [0.3, 0.4) is 0 Å². The molecule has 7 heteroatoms. The Morgan fingerprint density at radius 2 is 1.52 bits per heavy atom. The third-order valence-electron chi connectivity index (χ3n) is 3.38. The molecule has 0 unspecified atom stereocenters.